The molecule has 1 aliphatic rings. The Balaban J connectivity index is 1.78. The summed E-state index contributed by atoms with van der Waals surface area (Å²) in [4.78, 5) is 7.03. The molecule has 0 radical (unpaired) electrons. The number of imidazole rings is 1. The molecular formula is C18H27N3O. The molecule has 4 nitrogen and oxygen atoms in total. The zero-order valence-electron chi connectivity index (χ0n) is 13.8. The molecule has 0 saturated heterocycles. The third-order valence-electron chi connectivity index (χ3n) is 4.69. The molecule has 1 aliphatic carbocycles. The van der Waals surface area contributed by atoms with E-state index < -0.39 is 5.60 Å². The van der Waals surface area contributed by atoms with Crippen LogP contribution < -0.4 is 0 Å². The minimum absolute atomic E-state index is 0.490. The topological polar surface area (TPSA) is 41.3 Å². The van der Waals surface area contributed by atoms with Crippen LogP contribution in [0.1, 0.15) is 44.9 Å². The van der Waals surface area contributed by atoms with Crippen molar-refractivity contribution in [2.45, 2.75) is 57.7 Å². The number of para-hydroxylation sites is 2. The first-order chi connectivity index (χ1) is 10.6. The maximum Gasteiger partial charge on any atom is 0.124 e. The minimum Gasteiger partial charge on any atom is -0.389 e. The summed E-state index contributed by atoms with van der Waals surface area (Å²) < 4.78 is 2.32. The first-order valence-corrected chi connectivity index (χ1v) is 8.46. The molecule has 1 heterocycles. The molecule has 1 fully saturated rings. The van der Waals surface area contributed by atoms with Gasteiger partial charge in [-0.15, -0.1) is 0 Å². The smallest absolute Gasteiger partial charge is 0.124 e. The fourth-order valence-corrected chi connectivity index (χ4v) is 3.71. The lowest BCUT2D eigenvalue weighted by Crippen LogP contribution is -2.39. The van der Waals surface area contributed by atoms with E-state index in [9.17, 15) is 5.11 Å². The summed E-state index contributed by atoms with van der Waals surface area (Å²) in [6.45, 7) is 4.72. The average Bonchev–Trinajstić information content (AvgIpc) is 3.04. The number of likely N-dealkylation sites (N-methyl/N-ethyl adjacent to an activating group) is 1. The normalized spacial score (nSPS) is 17.6. The molecule has 0 amide bonds. The molecule has 2 aromatic rings. The summed E-state index contributed by atoms with van der Waals surface area (Å²) in [6.07, 6.45) is 5.27. The van der Waals surface area contributed by atoms with Crippen LogP contribution in [0.25, 0.3) is 11.0 Å². The Labute approximate surface area is 132 Å². The monoisotopic (exact) mass is 301 g/mol. The van der Waals surface area contributed by atoms with Crippen LogP contribution in [0, 0.1) is 0 Å². The van der Waals surface area contributed by atoms with E-state index in [1.807, 2.05) is 6.07 Å². The predicted molar refractivity (Wildman–Crippen MR) is 89.8 cm³/mol. The van der Waals surface area contributed by atoms with Gasteiger partial charge in [0.2, 0.25) is 0 Å². The zero-order valence-corrected chi connectivity index (χ0v) is 13.8. The van der Waals surface area contributed by atoms with Gasteiger partial charge >= 0.3 is 0 Å². The standard InChI is InChI=1S/C18H27N3O/c1-3-12-21-16-9-5-4-8-15(16)19-17(21)13-20(2)14-18(22)10-6-7-11-18/h4-5,8-9,22H,3,6-7,10-14H2,1-2H3. The molecule has 1 N–H and O–H groups in total. The fraction of sp³-hybridized carbons (Fsp3) is 0.611. The molecule has 0 bridgehead atoms. The fourth-order valence-electron chi connectivity index (χ4n) is 3.71. The molecule has 0 atom stereocenters. The summed E-state index contributed by atoms with van der Waals surface area (Å²) in [6, 6.07) is 8.34. The number of nitrogens with zero attached hydrogens (tertiary/aromatic N) is 3. The Kier molecular flexibility index (Phi) is 4.50. The number of aryl methyl sites for hydroxylation is 1. The van der Waals surface area contributed by atoms with Gasteiger partial charge in [-0.3, -0.25) is 4.90 Å². The van der Waals surface area contributed by atoms with Crippen LogP contribution in [0.3, 0.4) is 0 Å². The first-order valence-electron chi connectivity index (χ1n) is 8.46. The van der Waals surface area contributed by atoms with E-state index in [1.54, 1.807) is 0 Å². The highest BCUT2D eigenvalue weighted by Gasteiger charge is 2.32. The Hall–Kier alpha value is -1.39. The molecule has 120 valence electrons. The SMILES string of the molecule is CCCn1c(CN(C)CC2(O)CCCC2)nc2ccccc21. The van der Waals surface area contributed by atoms with Gasteiger partial charge in [0, 0.05) is 13.1 Å². The lowest BCUT2D eigenvalue weighted by Gasteiger charge is -2.28. The Morgan fingerprint density at radius 1 is 1.27 bits per heavy atom. The van der Waals surface area contributed by atoms with Crippen molar-refractivity contribution in [3.63, 3.8) is 0 Å². The van der Waals surface area contributed by atoms with Crippen LogP contribution in [-0.4, -0.2) is 38.8 Å². The molecule has 1 aromatic carbocycles. The Morgan fingerprint density at radius 2 is 2.00 bits per heavy atom. The predicted octanol–water partition coefficient (Wildman–Crippen LogP) is 3.18. The van der Waals surface area contributed by atoms with Gasteiger partial charge in [0.15, 0.2) is 0 Å². The van der Waals surface area contributed by atoms with Crippen molar-refractivity contribution in [1.29, 1.82) is 0 Å². The molecular weight excluding hydrogens is 274 g/mol. The number of aliphatic hydroxyl groups is 1. The lowest BCUT2D eigenvalue weighted by atomic mass is 10.0. The van der Waals surface area contributed by atoms with Crippen molar-refractivity contribution >= 4 is 11.0 Å². The Morgan fingerprint density at radius 3 is 2.73 bits per heavy atom. The number of benzene rings is 1. The summed E-state index contributed by atoms with van der Waals surface area (Å²) in [5.41, 5.74) is 1.79. The molecule has 3 rings (SSSR count). The van der Waals surface area contributed by atoms with E-state index in [0.717, 1.165) is 63.1 Å². The molecule has 1 aromatic heterocycles. The molecule has 1 saturated carbocycles. The third kappa shape index (κ3) is 3.18. The van der Waals surface area contributed by atoms with Gasteiger partial charge in [0.1, 0.15) is 5.82 Å². The van der Waals surface area contributed by atoms with Gasteiger partial charge < -0.3 is 9.67 Å². The second-order valence-corrected chi connectivity index (χ2v) is 6.77. The van der Waals surface area contributed by atoms with Crippen LogP contribution >= 0.6 is 0 Å². The van der Waals surface area contributed by atoms with Crippen molar-refractivity contribution in [2.24, 2.45) is 0 Å². The van der Waals surface area contributed by atoms with Crippen LogP contribution in [0.4, 0.5) is 0 Å². The van der Waals surface area contributed by atoms with Gasteiger partial charge in [-0.2, -0.15) is 0 Å². The highest BCUT2D eigenvalue weighted by molar-refractivity contribution is 5.75. The molecule has 0 spiro atoms. The maximum atomic E-state index is 10.6. The van der Waals surface area contributed by atoms with Crippen molar-refractivity contribution in [2.75, 3.05) is 13.6 Å². The molecule has 0 aliphatic heterocycles. The lowest BCUT2D eigenvalue weighted by molar-refractivity contribution is 0.0138. The summed E-state index contributed by atoms with van der Waals surface area (Å²) in [7, 11) is 2.09. The average molecular weight is 301 g/mol. The molecule has 4 heteroatoms. The zero-order chi connectivity index (χ0) is 15.6. The summed E-state index contributed by atoms with van der Waals surface area (Å²) in [5.74, 6) is 1.10. The van der Waals surface area contributed by atoms with Gasteiger partial charge in [0.25, 0.3) is 0 Å². The minimum atomic E-state index is -0.490. The first kappa shape index (κ1) is 15.5. The van der Waals surface area contributed by atoms with Gasteiger partial charge in [-0.05, 0) is 38.4 Å². The van der Waals surface area contributed by atoms with Crippen molar-refractivity contribution in [3.8, 4) is 0 Å². The van der Waals surface area contributed by atoms with Crippen LogP contribution in [0.2, 0.25) is 0 Å². The number of aromatic nitrogens is 2. The van der Waals surface area contributed by atoms with Crippen molar-refractivity contribution in [1.82, 2.24) is 14.5 Å². The second kappa shape index (κ2) is 6.39. The number of hydrogen-bond donors (Lipinski definition) is 1. The van der Waals surface area contributed by atoms with Crippen LogP contribution in [0.15, 0.2) is 24.3 Å². The number of fused-ring (bicyclic) bond motifs is 1. The van der Waals surface area contributed by atoms with E-state index in [0.29, 0.717) is 0 Å². The van der Waals surface area contributed by atoms with Crippen molar-refractivity contribution in [3.05, 3.63) is 30.1 Å². The van der Waals surface area contributed by atoms with E-state index in [2.05, 4.69) is 41.6 Å². The number of rotatable bonds is 6. The highest BCUT2D eigenvalue weighted by Crippen LogP contribution is 2.30. The quantitative estimate of drug-likeness (QED) is 0.891. The largest absolute Gasteiger partial charge is 0.389 e. The number of hydrogen-bond acceptors (Lipinski definition) is 3. The van der Waals surface area contributed by atoms with E-state index in [-0.39, 0.29) is 0 Å². The summed E-state index contributed by atoms with van der Waals surface area (Å²) >= 11 is 0. The second-order valence-electron chi connectivity index (χ2n) is 6.77. The van der Waals surface area contributed by atoms with Gasteiger partial charge in [-0.1, -0.05) is 31.9 Å². The molecule has 22 heavy (non-hydrogen) atoms. The third-order valence-corrected chi connectivity index (χ3v) is 4.69. The van der Waals surface area contributed by atoms with E-state index >= 15 is 0 Å². The van der Waals surface area contributed by atoms with E-state index in [1.165, 1.54) is 5.52 Å². The highest BCUT2D eigenvalue weighted by atomic mass is 16.3. The van der Waals surface area contributed by atoms with Crippen LogP contribution in [0.5, 0.6) is 0 Å². The van der Waals surface area contributed by atoms with Gasteiger partial charge in [-0.25, -0.2) is 4.98 Å². The van der Waals surface area contributed by atoms with E-state index in [4.69, 9.17) is 4.98 Å². The summed E-state index contributed by atoms with van der Waals surface area (Å²) in [5, 5.41) is 10.6. The Bertz CT molecular complexity index is 628. The van der Waals surface area contributed by atoms with Crippen molar-refractivity contribution < 1.29 is 5.11 Å². The van der Waals surface area contributed by atoms with Crippen LogP contribution in [-0.2, 0) is 13.1 Å². The molecule has 0 unspecified atom stereocenters. The van der Waals surface area contributed by atoms with Gasteiger partial charge in [0.05, 0.1) is 23.2 Å². The maximum absolute atomic E-state index is 10.6.